The molecule has 0 aliphatic carbocycles. The number of aromatic nitrogens is 1. The number of pyridine rings is 1. The predicted molar refractivity (Wildman–Crippen MR) is 78.1 cm³/mol. The SMILES string of the molecule is COc1ccc(NS(=O)(=O)c2ccc(Cl)cc2C(F)(F)F)cn1. The van der Waals surface area contributed by atoms with Gasteiger partial charge in [-0.1, -0.05) is 11.6 Å². The number of nitrogens with zero attached hydrogens (tertiary/aromatic N) is 1. The molecule has 10 heteroatoms. The van der Waals surface area contributed by atoms with Crippen molar-refractivity contribution in [2.45, 2.75) is 11.1 Å². The van der Waals surface area contributed by atoms with Gasteiger partial charge in [-0.2, -0.15) is 13.2 Å². The van der Waals surface area contributed by atoms with Gasteiger partial charge in [0.05, 0.1) is 29.5 Å². The Bertz CT molecular complexity index is 808. The van der Waals surface area contributed by atoms with Crippen molar-refractivity contribution in [3.05, 3.63) is 47.1 Å². The molecule has 2 aromatic rings. The van der Waals surface area contributed by atoms with Crippen LogP contribution in [0.3, 0.4) is 0 Å². The number of anilines is 1. The van der Waals surface area contributed by atoms with E-state index in [9.17, 15) is 21.6 Å². The smallest absolute Gasteiger partial charge is 0.417 e. The lowest BCUT2D eigenvalue weighted by Crippen LogP contribution is -2.19. The quantitative estimate of drug-likeness (QED) is 0.898. The Morgan fingerprint density at radius 2 is 1.91 bits per heavy atom. The molecule has 0 aliphatic heterocycles. The van der Waals surface area contributed by atoms with Crippen LogP contribution in [0.25, 0.3) is 0 Å². The number of sulfonamides is 1. The van der Waals surface area contributed by atoms with Crippen LogP contribution in [0.15, 0.2) is 41.4 Å². The molecule has 1 aromatic heterocycles. The number of benzene rings is 1. The first kappa shape index (κ1) is 17.4. The lowest BCUT2D eigenvalue weighted by Gasteiger charge is -2.14. The highest BCUT2D eigenvalue weighted by Crippen LogP contribution is 2.36. The van der Waals surface area contributed by atoms with Crippen LogP contribution in [-0.2, 0) is 16.2 Å². The molecule has 0 aliphatic rings. The number of methoxy groups -OCH3 is 1. The summed E-state index contributed by atoms with van der Waals surface area (Å²) in [6, 6.07) is 5.10. The maximum atomic E-state index is 13.0. The fraction of sp³-hybridized carbons (Fsp3) is 0.154. The van der Waals surface area contributed by atoms with E-state index in [4.69, 9.17) is 16.3 Å². The van der Waals surface area contributed by atoms with Gasteiger partial charge < -0.3 is 4.74 Å². The summed E-state index contributed by atoms with van der Waals surface area (Å²) in [5, 5.41) is -0.220. The standard InChI is InChI=1S/C13H10ClF3N2O3S/c1-22-12-5-3-9(7-18-12)19-23(20,21)11-4-2-8(14)6-10(11)13(15,16)17/h2-7,19H,1H3. The molecule has 0 fully saturated rings. The van der Waals surface area contributed by atoms with E-state index >= 15 is 0 Å². The number of alkyl halides is 3. The van der Waals surface area contributed by atoms with Crippen molar-refractivity contribution in [1.82, 2.24) is 4.98 Å². The molecule has 23 heavy (non-hydrogen) atoms. The van der Waals surface area contributed by atoms with Gasteiger partial charge in [0, 0.05) is 11.1 Å². The normalized spacial score (nSPS) is 12.0. The lowest BCUT2D eigenvalue weighted by molar-refractivity contribution is -0.139. The first-order chi connectivity index (χ1) is 10.6. The summed E-state index contributed by atoms with van der Waals surface area (Å²) in [7, 11) is -3.10. The second-order valence-corrected chi connectivity index (χ2v) is 6.42. The van der Waals surface area contributed by atoms with Gasteiger partial charge in [0.15, 0.2) is 0 Å². The average molecular weight is 367 g/mol. The van der Waals surface area contributed by atoms with E-state index in [2.05, 4.69) is 4.98 Å². The molecule has 0 spiro atoms. The highest BCUT2D eigenvalue weighted by atomic mass is 35.5. The molecule has 124 valence electrons. The van der Waals surface area contributed by atoms with Crippen molar-refractivity contribution in [3.8, 4) is 5.88 Å². The largest absolute Gasteiger partial charge is 0.481 e. The van der Waals surface area contributed by atoms with Gasteiger partial charge in [0.1, 0.15) is 0 Å². The van der Waals surface area contributed by atoms with E-state index in [-0.39, 0.29) is 16.6 Å². The zero-order valence-corrected chi connectivity index (χ0v) is 13.1. The molecule has 1 heterocycles. The summed E-state index contributed by atoms with van der Waals surface area (Å²) in [6.45, 7) is 0. The Labute approximate surface area is 135 Å². The molecule has 5 nitrogen and oxygen atoms in total. The van der Waals surface area contributed by atoms with Crippen molar-refractivity contribution < 1.29 is 26.3 Å². The second kappa shape index (κ2) is 6.25. The molecule has 2 rings (SSSR count). The average Bonchev–Trinajstić information content (AvgIpc) is 2.46. The van der Waals surface area contributed by atoms with Gasteiger partial charge in [-0.25, -0.2) is 13.4 Å². The Balaban J connectivity index is 2.43. The topological polar surface area (TPSA) is 68.3 Å². The monoisotopic (exact) mass is 366 g/mol. The molecule has 0 atom stereocenters. The van der Waals surface area contributed by atoms with Crippen LogP contribution in [0.4, 0.5) is 18.9 Å². The van der Waals surface area contributed by atoms with E-state index in [0.29, 0.717) is 6.07 Å². The zero-order valence-electron chi connectivity index (χ0n) is 11.6. The molecule has 1 N–H and O–H groups in total. The third-order valence-electron chi connectivity index (χ3n) is 2.73. The summed E-state index contributed by atoms with van der Waals surface area (Å²) >= 11 is 5.53. The number of halogens is 4. The Kier molecular flexibility index (Phi) is 4.71. The summed E-state index contributed by atoms with van der Waals surface area (Å²) in [6.07, 6.45) is -3.74. The van der Waals surface area contributed by atoms with Gasteiger partial charge >= 0.3 is 6.18 Å². The van der Waals surface area contributed by atoms with Crippen molar-refractivity contribution in [2.24, 2.45) is 0 Å². The molecule has 0 unspecified atom stereocenters. The molecule has 1 aromatic carbocycles. The molecular weight excluding hydrogens is 357 g/mol. The summed E-state index contributed by atoms with van der Waals surface area (Å²) in [5.41, 5.74) is -1.35. The number of nitrogens with one attached hydrogen (secondary N) is 1. The van der Waals surface area contributed by atoms with Crippen molar-refractivity contribution in [2.75, 3.05) is 11.8 Å². The molecular formula is C13H10ClF3N2O3S. The fourth-order valence-corrected chi connectivity index (χ4v) is 3.15. The minimum absolute atomic E-state index is 0.00567. The molecule has 0 radical (unpaired) electrons. The highest BCUT2D eigenvalue weighted by molar-refractivity contribution is 7.92. The first-order valence-corrected chi connectivity index (χ1v) is 7.89. The third kappa shape index (κ3) is 4.05. The number of ether oxygens (including phenoxy) is 1. The van der Waals surface area contributed by atoms with E-state index < -0.39 is 26.7 Å². The minimum atomic E-state index is -4.87. The molecule has 0 saturated carbocycles. The van der Waals surface area contributed by atoms with Crippen LogP contribution in [0, 0.1) is 0 Å². The van der Waals surface area contributed by atoms with Crippen molar-refractivity contribution >= 4 is 27.3 Å². The minimum Gasteiger partial charge on any atom is -0.481 e. The van der Waals surface area contributed by atoms with Crippen LogP contribution in [0.2, 0.25) is 5.02 Å². The van der Waals surface area contributed by atoms with Crippen LogP contribution in [0.1, 0.15) is 5.56 Å². The third-order valence-corrected chi connectivity index (χ3v) is 4.41. The molecule has 0 bridgehead atoms. The van der Waals surface area contributed by atoms with Crippen LogP contribution in [-0.4, -0.2) is 20.5 Å². The molecule has 0 saturated heterocycles. The highest BCUT2D eigenvalue weighted by Gasteiger charge is 2.37. The van der Waals surface area contributed by atoms with Crippen LogP contribution >= 0.6 is 11.6 Å². The van der Waals surface area contributed by atoms with E-state index in [0.717, 1.165) is 18.3 Å². The van der Waals surface area contributed by atoms with Gasteiger partial charge in [0.25, 0.3) is 10.0 Å². The maximum absolute atomic E-state index is 13.0. The Morgan fingerprint density at radius 3 is 2.43 bits per heavy atom. The van der Waals surface area contributed by atoms with Crippen LogP contribution in [0.5, 0.6) is 5.88 Å². The zero-order chi connectivity index (χ0) is 17.3. The van der Waals surface area contributed by atoms with Gasteiger partial charge in [0.2, 0.25) is 5.88 Å². The number of hydrogen-bond donors (Lipinski definition) is 1. The summed E-state index contributed by atoms with van der Waals surface area (Å²) in [5.74, 6) is 0.232. The maximum Gasteiger partial charge on any atom is 0.417 e. The Hall–Kier alpha value is -2.00. The van der Waals surface area contributed by atoms with Gasteiger partial charge in [-0.3, -0.25) is 4.72 Å². The van der Waals surface area contributed by atoms with Gasteiger partial charge in [-0.15, -0.1) is 0 Å². The van der Waals surface area contributed by atoms with Crippen LogP contribution < -0.4 is 9.46 Å². The van der Waals surface area contributed by atoms with Crippen molar-refractivity contribution in [3.63, 3.8) is 0 Å². The first-order valence-electron chi connectivity index (χ1n) is 6.03. The fourth-order valence-electron chi connectivity index (χ4n) is 1.73. The lowest BCUT2D eigenvalue weighted by atomic mass is 10.2. The summed E-state index contributed by atoms with van der Waals surface area (Å²) in [4.78, 5) is 2.84. The second-order valence-electron chi connectivity index (χ2n) is 4.33. The Morgan fingerprint density at radius 1 is 1.22 bits per heavy atom. The summed E-state index contributed by atoms with van der Waals surface area (Å²) < 4.78 is 70.3. The van der Waals surface area contributed by atoms with Gasteiger partial charge in [-0.05, 0) is 24.3 Å². The molecule has 0 amide bonds. The van der Waals surface area contributed by atoms with E-state index in [1.54, 1.807) is 0 Å². The van der Waals surface area contributed by atoms with E-state index in [1.165, 1.54) is 19.2 Å². The van der Waals surface area contributed by atoms with Crippen molar-refractivity contribution in [1.29, 1.82) is 0 Å². The van der Waals surface area contributed by atoms with E-state index in [1.807, 2.05) is 4.72 Å². The predicted octanol–water partition coefficient (Wildman–Crippen LogP) is 3.56. The number of hydrogen-bond acceptors (Lipinski definition) is 4. The number of rotatable bonds is 4.